The molecule has 1 aliphatic heterocycles. The van der Waals surface area contributed by atoms with Crippen LogP contribution in [-0.2, 0) is 0 Å². The molecule has 120 valence electrons. The number of thiocarbonyl (C=S) groups is 1. The zero-order chi connectivity index (χ0) is 15.4. The Morgan fingerprint density at radius 1 is 1.14 bits per heavy atom. The molecule has 1 saturated carbocycles. The molecule has 6 heteroatoms. The molecule has 1 N–H and O–H groups in total. The van der Waals surface area contributed by atoms with Crippen LogP contribution in [0.25, 0.3) is 0 Å². The molecule has 5 nitrogen and oxygen atoms in total. The van der Waals surface area contributed by atoms with Gasteiger partial charge in [-0.2, -0.15) is 0 Å². The summed E-state index contributed by atoms with van der Waals surface area (Å²) in [7, 11) is 0. The van der Waals surface area contributed by atoms with Crippen molar-refractivity contribution >= 4 is 23.3 Å². The van der Waals surface area contributed by atoms with Crippen molar-refractivity contribution in [1.29, 1.82) is 0 Å². The summed E-state index contributed by atoms with van der Waals surface area (Å²) >= 11 is 5.63. The highest BCUT2D eigenvalue weighted by atomic mass is 32.1. The van der Waals surface area contributed by atoms with E-state index in [4.69, 9.17) is 12.2 Å². The summed E-state index contributed by atoms with van der Waals surface area (Å²) in [6, 6.07) is 2.40. The Hall–Kier alpha value is -1.43. The summed E-state index contributed by atoms with van der Waals surface area (Å²) < 4.78 is 0. The molecule has 0 radical (unpaired) electrons. The molecule has 0 aromatic carbocycles. The summed E-state index contributed by atoms with van der Waals surface area (Å²) in [5.74, 6) is 1.55. The molecule has 2 heterocycles. The van der Waals surface area contributed by atoms with E-state index in [9.17, 15) is 0 Å². The first-order chi connectivity index (χ1) is 10.7. The summed E-state index contributed by atoms with van der Waals surface area (Å²) in [4.78, 5) is 13.2. The van der Waals surface area contributed by atoms with Crippen LogP contribution < -0.4 is 10.2 Å². The van der Waals surface area contributed by atoms with Crippen molar-refractivity contribution in [2.45, 2.75) is 38.6 Å². The lowest BCUT2D eigenvalue weighted by Crippen LogP contribution is -2.54. The first-order valence-electron chi connectivity index (χ1n) is 8.31. The Balaban J connectivity index is 1.49. The largest absolute Gasteiger partial charge is 0.360 e. The Morgan fingerprint density at radius 2 is 1.82 bits per heavy atom. The van der Waals surface area contributed by atoms with E-state index in [1.165, 1.54) is 25.7 Å². The van der Waals surface area contributed by atoms with Crippen molar-refractivity contribution in [2.75, 3.05) is 31.1 Å². The minimum atomic E-state index is 0.553. The highest BCUT2D eigenvalue weighted by Crippen LogP contribution is 2.24. The average molecular weight is 319 g/mol. The number of rotatable bonds is 2. The van der Waals surface area contributed by atoms with Gasteiger partial charge in [0, 0.05) is 44.6 Å². The normalized spacial score (nSPS) is 25.9. The molecule has 2 atom stereocenters. The van der Waals surface area contributed by atoms with Gasteiger partial charge in [-0.3, -0.25) is 0 Å². The molecule has 0 amide bonds. The van der Waals surface area contributed by atoms with Gasteiger partial charge in [0.1, 0.15) is 0 Å². The Labute approximate surface area is 138 Å². The Kier molecular flexibility index (Phi) is 5.08. The van der Waals surface area contributed by atoms with E-state index in [1.54, 1.807) is 12.4 Å². The lowest BCUT2D eigenvalue weighted by Gasteiger charge is -2.38. The third kappa shape index (κ3) is 3.66. The van der Waals surface area contributed by atoms with Gasteiger partial charge in [-0.05, 0) is 37.0 Å². The molecule has 1 saturated heterocycles. The van der Waals surface area contributed by atoms with Crippen molar-refractivity contribution in [3.05, 3.63) is 18.5 Å². The smallest absolute Gasteiger partial charge is 0.225 e. The van der Waals surface area contributed by atoms with E-state index < -0.39 is 0 Å². The van der Waals surface area contributed by atoms with E-state index in [2.05, 4.69) is 32.0 Å². The molecule has 1 aromatic heterocycles. The van der Waals surface area contributed by atoms with Crippen LogP contribution in [0, 0.1) is 5.92 Å². The Morgan fingerprint density at radius 3 is 2.50 bits per heavy atom. The molecule has 1 aliphatic carbocycles. The number of hydrogen-bond acceptors (Lipinski definition) is 4. The fourth-order valence-electron chi connectivity index (χ4n) is 3.34. The monoisotopic (exact) mass is 319 g/mol. The van der Waals surface area contributed by atoms with Gasteiger partial charge in [-0.1, -0.05) is 19.8 Å². The molecular weight excluding hydrogens is 294 g/mol. The van der Waals surface area contributed by atoms with E-state index in [0.717, 1.165) is 43.2 Å². The second-order valence-corrected chi connectivity index (χ2v) is 6.73. The molecule has 0 unspecified atom stereocenters. The van der Waals surface area contributed by atoms with E-state index in [-0.39, 0.29) is 0 Å². The lowest BCUT2D eigenvalue weighted by atomic mass is 9.86. The standard InChI is InChI=1S/C16H25N5S/c1-13-5-2-3-6-14(13)19-16(22)21-11-9-20(10-12-21)15-17-7-4-8-18-15/h4,7-8,13-14H,2-3,5-6,9-12H2,1H3,(H,19,22)/t13-,14+/m0/s1. The van der Waals surface area contributed by atoms with Gasteiger partial charge >= 0.3 is 0 Å². The highest BCUT2D eigenvalue weighted by Gasteiger charge is 2.25. The van der Waals surface area contributed by atoms with Crippen LogP contribution in [-0.4, -0.2) is 52.2 Å². The zero-order valence-corrected chi connectivity index (χ0v) is 14.1. The van der Waals surface area contributed by atoms with Crippen molar-refractivity contribution in [3.8, 4) is 0 Å². The predicted molar refractivity (Wildman–Crippen MR) is 93.0 cm³/mol. The van der Waals surface area contributed by atoms with Gasteiger partial charge in [0.25, 0.3) is 0 Å². The van der Waals surface area contributed by atoms with Crippen LogP contribution in [0.4, 0.5) is 5.95 Å². The summed E-state index contributed by atoms with van der Waals surface area (Å²) in [6.45, 7) is 6.05. The summed E-state index contributed by atoms with van der Waals surface area (Å²) in [5, 5.41) is 4.52. The SMILES string of the molecule is C[C@H]1CCCC[C@H]1NC(=S)N1CCN(c2ncccn2)CC1. The third-order valence-corrected chi connectivity index (χ3v) is 5.20. The maximum atomic E-state index is 5.63. The van der Waals surface area contributed by atoms with Crippen LogP contribution >= 0.6 is 12.2 Å². The van der Waals surface area contributed by atoms with E-state index >= 15 is 0 Å². The van der Waals surface area contributed by atoms with Crippen LogP contribution in [0.2, 0.25) is 0 Å². The minimum Gasteiger partial charge on any atom is -0.360 e. The fraction of sp³-hybridized carbons (Fsp3) is 0.688. The molecule has 0 spiro atoms. The van der Waals surface area contributed by atoms with Crippen LogP contribution in [0.15, 0.2) is 18.5 Å². The zero-order valence-electron chi connectivity index (χ0n) is 13.2. The van der Waals surface area contributed by atoms with Gasteiger partial charge in [0.05, 0.1) is 0 Å². The van der Waals surface area contributed by atoms with Crippen molar-refractivity contribution in [2.24, 2.45) is 5.92 Å². The van der Waals surface area contributed by atoms with Crippen LogP contribution in [0.5, 0.6) is 0 Å². The first-order valence-corrected chi connectivity index (χ1v) is 8.72. The van der Waals surface area contributed by atoms with Crippen LogP contribution in [0.1, 0.15) is 32.6 Å². The van der Waals surface area contributed by atoms with Crippen LogP contribution in [0.3, 0.4) is 0 Å². The molecule has 3 rings (SSSR count). The fourth-order valence-corrected chi connectivity index (χ4v) is 3.68. The van der Waals surface area contributed by atoms with E-state index in [0.29, 0.717) is 6.04 Å². The number of nitrogens with one attached hydrogen (secondary N) is 1. The van der Waals surface area contributed by atoms with Crippen molar-refractivity contribution in [3.63, 3.8) is 0 Å². The molecule has 22 heavy (non-hydrogen) atoms. The second kappa shape index (κ2) is 7.22. The molecule has 2 fully saturated rings. The number of hydrogen-bond donors (Lipinski definition) is 1. The number of nitrogens with zero attached hydrogens (tertiary/aromatic N) is 4. The summed E-state index contributed by atoms with van der Waals surface area (Å²) in [5.41, 5.74) is 0. The average Bonchev–Trinajstić information content (AvgIpc) is 2.58. The van der Waals surface area contributed by atoms with Gasteiger partial charge in [-0.15, -0.1) is 0 Å². The number of piperazine rings is 1. The topological polar surface area (TPSA) is 44.3 Å². The third-order valence-electron chi connectivity index (χ3n) is 4.82. The lowest BCUT2D eigenvalue weighted by molar-refractivity contribution is 0.293. The second-order valence-electron chi connectivity index (χ2n) is 6.34. The van der Waals surface area contributed by atoms with Crippen molar-refractivity contribution < 1.29 is 0 Å². The number of aromatic nitrogens is 2. The summed E-state index contributed by atoms with van der Waals surface area (Å²) in [6.07, 6.45) is 8.85. The van der Waals surface area contributed by atoms with Gasteiger partial charge < -0.3 is 15.1 Å². The van der Waals surface area contributed by atoms with Gasteiger partial charge in [0.2, 0.25) is 5.95 Å². The minimum absolute atomic E-state index is 0.553. The molecule has 2 aliphatic rings. The molecule has 0 bridgehead atoms. The van der Waals surface area contributed by atoms with Gasteiger partial charge in [-0.25, -0.2) is 9.97 Å². The maximum Gasteiger partial charge on any atom is 0.225 e. The highest BCUT2D eigenvalue weighted by molar-refractivity contribution is 7.80. The quantitative estimate of drug-likeness (QED) is 0.842. The Bertz CT molecular complexity index is 487. The number of anilines is 1. The first kappa shape index (κ1) is 15.5. The van der Waals surface area contributed by atoms with Gasteiger partial charge in [0.15, 0.2) is 5.11 Å². The van der Waals surface area contributed by atoms with Crippen molar-refractivity contribution in [1.82, 2.24) is 20.2 Å². The molecular formula is C16H25N5S. The predicted octanol–water partition coefficient (Wildman–Crippen LogP) is 2.05. The molecule has 1 aromatic rings. The maximum absolute atomic E-state index is 5.63. The van der Waals surface area contributed by atoms with E-state index in [1.807, 2.05) is 6.07 Å².